The summed E-state index contributed by atoms with van der Waals surface area (Å²) in [6.45, 7) is 8.35. The first kappa shape index (κ1) is 22.7. The Labute approximate surface area is 185 Å². The highest BCUT2D eigenvalue weighted by Crippen LogP contribution is 2.19. The van der Waals surface area contributed by atoms with E-state index in [1.165, 1.54) is 5.56 Å². The van der Waals surface area contributed by atoms with E-state index in [4.69, 9.17) is 14.5 Å². The summed E-state index contributed by atoms with van der Waals surface area (Å²) in [6.07, 6.45) is 4.93. The number of rotatable bonds is 9. The standard InChI is InChI=1S/C24H35N5O2/c1-4-25-24(26-13-6-16-31-22-8-5-7-21(17-22)30-3)28-20-11-14-29(15-12-20)23-10-9-19(2)18-27-23/h5,7-10,17-18,20H,4,6,11-16H2,1-3H3,(H2,25,26,28). The van der Waals surface area contributed by atoms with E-state index in [1.807, 2.05) is 30.5 Å². The van der Waals surface area contributed by atoms with E-state index in [1.54, 1.807) is 7.11 Å². The Morgan fingerprint density at radius 3 is 2.71 bits per heavy atom. The molecule has 1 aliphatic heterocycles. The van der Waals surface area contributed by atoms with Gasteiger partial charge in [0, 0.05) is 50.9 Å². The minimum atomic E-state index is 0.424. The molecule has 0 radical (unpaired) electrons. The highest BCUT2D eigenvalue weighted by atomic mass is 16.5. The van der Waals surface area contributed by atoms with Crippen molar-refractivity contribution >= 4 is 11.8 Å². The fourth-order valence-electron chi connectivity index (χ4n) is 3.55. The topological polar surface area (TPSA) is 71.0 Å². The van der Waals surface area contributed by atoms with Crippen LogP contribution in [0.25, 0.3) is 0 Å². The summed E-state index contributed by atoms with van der Waals surface area (Å²) in [5, 5.41) is 6.95. The fourth-order valence-corrected chi connectivity index (χ4v) is 3.55. The van der Waals surface area contributed by atoms with Gasteiger partial charge in [0.05, 0.1) is 13.7 Å². The van der Waals surface area contributed by atoms with Crippen LogP contribution in [0.15, 0.2) is 47.6 Å². The van der Waals surface area contributed by atoms with Crippen molar-refractivity contribution in [1.29, 1.82) is 0 Å². The number of hydrogen-bond donors (Lipinski definition) is 2. The van der Waals surface area contributed by atoms with Gasteiger partial charge in [-0.3, -0.25) is 4.99 Å². The molecule has 168 valence electrons. The molecule has 2 heterocycles. The van der Waals surface area contributed by atoms with Crippen molar-refractivity contribution in [3.05, 3.63) is 48.2 Å². The first-order valence-corrected chi connectivity index (χ1v) is 11.2. The zero-order chi connectivity index (χ0) is 21.9. The number of nitrogens with one attached hydrogen (secondary N) is 2. The second-order valence-electron chi connectivity index (χ2n) is 7.74. The van der Waals surface area contributed by atoms with Crippen LogP contribution in [0.2, 0.25) is 0 Å². The van der Waals surface area contributed by atoms with Gasteiger partial charge in [0.2, 0.25) is 0 Å². The highest BCUT2D eigenvalue weighted by Gasteiger charge is 2.20. The van der Waals surface area contributed by atoms with Crippen LogP contribution in [0.1, 0.15) is 31.7 Å². The number of aromatic nitrogens is 1. The van der Waals surface area contributed by atoms with Gasteiger partial charge in [0.25, 0.3) is 0 Å². The normalized spacial score (nSPS) is 14.9. The summed E-state index contributed by atoms with van der Waals surface area (Å²) in [5.74, 6) is 3.58. The van der Waals surface area contributed by atoms with Crippen LogP contribution < -0.4 is 25.0 Å². The number of nitrogens with zero attached hydrogens (tertiary/aromatic N) is 3. The SMILES string of the molecule is CCNC(=NCCCOc1cccc(OC)c1)NC1CCN(c2ccc(C)cn2)CC1. The van der Waals surface area contributed by atoms with Gasteiger partial charge >= 0.3 is 0 Å². The lowest BCUT2D eigenvalue weighted by Gasteiger charge is -2.33. The Morgan fingerprint density at radius 1 is 1.19 bits per heavy atom. The number of guanidine groups is 1. The molecule has 0 amide bonds. The van der Waals surface area contributed by atoms with E-state index < -0.39 is 0 Å². The molecule has 0 aliphatic carbocycles. The van der Waals surface area contributed by atoms with Gasteiger partial charge in [-0.25, -0.2) is 4.98 Å². The van der Waals surface area contributed by atoms with Crippen LogP contribution in [-0.4, -0.2) is 56.9 Å². The second-order valence-corrected chi connectivity index (χ2v) is 7.74. The first-order chi connectivity index (χ1) is 15.2. The van der Waals surface area contributed by atoms with Crippen LogP contribution in [-0.2, 0) is 0 Å². The highest BCUT2D eigenvalue weighted by molar-refractivity contribution is 5.80. The van der Waals surface area contributed by atoms with Gasteiger partial charge in [-0.05, 0) is 50.5 Å². The van der Waals surface area contributed by atoms with Gasteiger partial charge < -0.3 is 25.0 Å². The average Bonchev–Trinajstić information content (AvgIpc) is 2.80. The van der Waals surface area contributed by atoms with Gasteiger partial charge in [0.15, 0.2) is 5.96 Å². The summed E-state index contributed by atoms with van der Waals surface area (Å²) in [7, 11) is 1.66. The van der Waals surface area contributed by atoms with Crippen molar-refractivity contribution in [3.63, 3.8) is 0 Å². The van der Waals surface area contributed by atoms with E-state index in [2.05, 4.69) is 46.5 Å². The third kappa shape index (κ3) is 7.35. The minimum absolute atomic E-state index is 0.424. The zero-order valence-corrected chi connectivity index (χ0v) is 18.9. The molecule has 1 aliphatic rings. The maximum atomic E-state index is 5.80. The van der Waals surface area contributed by atoms with Gasteiger partial charge in [-0.15, -0.1) is 0 Å². The molecule has 31 heavy (non-hydrogen) atoms. The molecule has 7 nitrogen and oxygen atoms in total. The molecular weight excluding hydrogens is 390 g/mol. The second kappa shape index (κ2) is 12.0. The predicted octanol–water partition coefficient (Wildman–Crippen LogP) is 3.39. The molecule has 1 saturated heterocycles. The van der Waals surface area contributed by atoms with Crippen LogP contribution in [0, 0.1) is 6.92 Å². The predicted molar refractivity (Wildman–Crippen MR) is 126 cm³/mol. The molecule has 1 fully saturated rings. The zero-order valence-electron chi connectivity index (χ0n) is 18.9. The van der Waals surface area contributed by atoms with Gasteiger partial charge in [-0.1, -0.05) is 12.1 Å². The third-order valence-corrected chi connectivity index (χ3v) is 5.28. The lowest BCUT2D eigenvalue weighted by Crippen LogP contribution is -2.49. The Morgan fingerprint density at radius 2 is 2.00 bits per heavy atom. The lowest BCUT2D eigenvalue weighted by atomic mass is 10.1. The number of methoxy groups -OCH3 is 1. The Hall–Kier alpha value is -2.96. The molecule has 3 rings (SSSR count). The fraction of sp³-hybridized carbons (Fsp3) is 0.500. The van der Waals surface area contributed by atoms with E-state index >= 15 is 0 Å². The smallest absolute Gasteiger partial charge is 0.191 e. The Kier molecular flexibility index (Phi) is 8.82. The number of pyridine rings is 1. The van der Waals surface area contributed by atoms with E-state index in [9.17, 15) is 0 Å². The number of hydrogen-bond acceptors (Lipinski definition) is 5. The largest absolute Gasteiger partial charge is 0.497 e. The number of anilines is 1. The van der Waals surface area contributed by atoms with Crippen LogP contribution in [0.4, 0.5) is 5.82 Å². The van der Waals surface area contributed by atoms with Crippen molar-refractivity contribution in [2.75, 3.05) is 44.8 Å². The number of benzene rings is 1. The van der Waals surface area contributed by atoms with Crippen molar-refractivity contribution in [2.24, 2.45) is 4.99 Å². The molecule has 0 unspecified atom stereocenters. The summed E-state index contributed by atoms with van der Waals surface area (Å²) in [4.78, 5) is 11.6. The van der Waals surface area contributed by atoms with E-state index in [0.29, 0.717) is 19.2 Å². The molecular formula is C24H35N5O2. The molecule has 7 heteroatoms. The molecule has 0 atom stereocenters. The van der Waals surface area contributed by atoms with Crippen molar-refractivity contribution in [2.45, 2.75) is 39.2 Å². The Bertz CT molecular complexity index is 817. The lowest BCUT2D eigenvalue weighted by molar-refractivity contribution is 0.311. The summed E-state index contributed by atoms with van der Waals surface area (Å²) < 4.78 is 11.0. The van der Waals surface area contributed by atoms with Gasteiger partial charge in [-0.2, -0.15) is 0 Å². The van der Waals surface area contributed by atoms with Crippen LogP contribution in [0.3, 0.4) is 0 Å². The van der Waals surface area contributed by atoms with Crippen molar-refractivity contribution < 1.29 is 9.47 Å². The summed E-state index contributed by atoms with van der Waals surface area (Å²) in [5.41, 5.74) is 1.20. The Balaban J connectivity index is 1.40. The molecule has 0 bridgehead atoms. The maximum absolute atomic E-state index is 5.80. The van der Waals surface area contributed by atoms with Gasteiger partial charge in [0.1, 0.15) is 17.3 Å². The number of aliphatic imine (C=N–C) groups is 1. The minimum Gasteiger partial charge on any atom is -0.497 e. The molecule has 1 aromatic heterocycles. The number of piperidine rings is 1. The molecule has 2 N–H and O–H groups in total. The molecule has 2 aromatic rings. The number of aryl methyl sites for hydroxylation is 1. The van der Waals surface area contributed by atoms with Crippen molar-refractivity contribution in [3.8, 4) is 11.5 Å². The molecule has 1 aromatic carbocycles. The van der Waals surface area contributed by atoms with E-state index in [0.717, 1.165) is 62.2 Å². The third-order valence-electron chi connectivity index (χ3n) is 5.28. The summed E-state index contributed by atoms with van der Waals surface area (Å²) >= 11 is 0. The average molecular weight is 426 g/mol. The molecule has 0 saturated carbocycles. The number of ether oxygens (including phenoxy) is 2. The quantitative estimate of drug-likeness (QED) is 0.365. The molecule has 0 spiro atoms. The van der Waals surface area contributed by atoms with Crippen LogP contribution in [0.5, 0.6) is 11.5 Å². The maximum Gasteiger partial charge on any atom is 0.191 e. The van der Waals surface area contributed by atoms with E-state index in [-0.39, 0.29) is 0 Å². The van der Waals surface area contributed by atoms with Crippen LogP contribution >= 0.6 is 0 Å². The summed E-state index contributed by atoms with van der Waals surface area (Å²) in [6, 6.07) is 12.3. The first-order valence-electron chi connectivity index (χ1n) is 11.2. The monoisotopic (exact) mass is 425 g/mol. The van der Waals surface area contributed by atoms with Crippen molar-refractivity contribution in [1.82, 2.24) is 15.6 Å².